The average molecular weight is 306 g/mol. The number of amides is 2. The second-order valence-corrected chi connectivity index (χ2v) is 4.83. The number of carbonyl (C=O) groups excluding carboxylic acids is 1. The summed E-state index contributed by atoms with van der Waals surface area (Å²) in [5.74, 6) is 0.787. The molecule has 0 heterocycles. The lowest BCUT2D eigenvalue weighted by molar-refractivity contribution is 0.129. The highest BCUT2D eigenvalue weighted by molar-refractivity contribution is 5.75. The largest absolute Gasteiger partial charge is 0.497 e. The van der Waals surface area contributed by atoms with Crippen molar-refractivity contribution in [1.82, 2.24) is 10.6 Å². The lowest BCUT2D eigenvalue weighted by atomic mass is 10.2. The molecule has 0 fully saturated rings. The van der Waals surface area contributed by atoms with Crippen LogP contribution < -0.4 is 15.4 Å². The number of hydrogen-bond donors (Lipinski definition) is 2. The molecule has 22 heavy (non-hydrogen) atoms. The molecule has 0 aliphatic carbocycles. The Morgan fingerprint density at radius 3 is 2.86 bits per heavy atom. The minimum absolute atomic E-state index is 0.215. The molecule has 5 heteroatoms. The Hall–Kier alpha value is -2.01. The van der Waals surface area contributed by atoms with E-state index in [9.17, 15) is 4.79 Å². The monoisotopic (exact) mass is 306 g/mol. The van der Waals surface area contributed by atoms with Crippen molar-refractivity contribution in [3.63, 3.8) is 0 Å². The standard InChI is InChI=1S/C17H26N2O3/c1-3-4-12-22-13-6-10-18-17(20)19-11-9-15-7-5-8-16(14-15)21-2/h5,7-9,11,14H,3-4,6,10,12-13H2,1-2H3,(H2,18,19,20)/b11-9+. The first-order valence-corrected chi connectivity index (χ1v) is 7.69. The van der Waals surface area contributed by atoms with E-state index >= 15 is 0 Å². The van der Waals surface area contributed by atoms with Crippen LogP contribution in [-0.2, 0) is 4.74 Å². The summed E-state index contributed by atoms with van der Waals surface area (Å²) in [6, 6.07) is 7.39. The molecule has 0 bridgehead atoms. The van der Waals surface area contributed by atoms with Crippen LogP contribution in [0.1, 0.15) is 31.7 Å². The normalized spacial score (nSPS) is 10.6. The van der Waals surface area contributed by atoms with Crippen molar-refractivity contribution in [2.24, 2.45) is 0 Å². The third-order valence-corrected chi connectivity index (χ3v) is 2.98. The number of methoxy groups -OCH3 is 1. The molecule has 0 aliphatic heterocycles. The molecule has 5 nitrogen and oxygen atoms in total. The third-order valence-electron chi connectivity index (χ3n) is 2.98. The summed E-state index contributed by atoms with van der Waals surface area (Å²) in [4.78, 5) is 11.6. The van der Waals surface area contributed by atoms with Gasteiger partial charge in [0.2, 0.25) is 0 Å². The molecule has 2 amide bonds. The van der Waals surface area contributed by atoms with E-state index in [-0.39, 0.29) is 6.03 Å². The third kappa shape index (κ3) is 8.32. The van der Waals surface area contributed by atoms with Crippen molar-refractivity contribution in [3.05, 3.63) is 36.0 Å². The van der Waals surface area contributed by atoms with Gasteiger partial charge >= 0.3 is 6.03 Å². The number of ether oxygens (including phenoxy) is 2. The maximum absolute atomic E-state index is 11.6. The Bertz CT molecular complexity index is 461. The van der Waals surface area contributed by atoms with E-state index in [1.165, 1.54) is 0 Å². The Balaban J connectivity index is 2.13. The number of urea groups is 1. The zero-order valence-corrected chi connectivity index (χ0v) is 13.4. The van der Waals surface area contributed by atoms with Gasteiger partial charge in [-0.3, -0.25) is 0 Å². The fourth-order valence-corrected chi connectivity index (χ4v) is 1.73. The molecule has 0 saturated carbocycles. The summed E-state index contributed by atoms with van der Waals surface area (Å²) in [7, 11) is 1.63. The Morgan fingerprint density at radius 1 is 1.27 bits per heavy atom. The Kier molecular flexibility index (Phi) is 9.54. The number of nitrogens with one attached hydrogen (secondary N) is 2. The quantitative estimate of drug-likeness (QED) is 0.653. The number of hydrogen-bond acceptors (Lipinski definition) is 3. The molecule has 0 radical (unpaired) electrons. The van der Waals surface area contributed by atoms with E-state index in [0.717, 1.165) is 37.2 Å². The summed E-state index contributed by atoms with van der Waals surface area (Å²) >= 11 is 0. The van der Waals surface area contributed by atoms with Gasteiger partial charge in [-0.1, -0.05) is 25.5 Å². The molecular weight excluding hydrogens is 280 g/mol. The van der Waals surface area contributed by atoms with Crippen molar-refractivity contribution in [2.75, 3.05) is 26.9 Å². The van der Waals surface area contributed by atoms with Crippen LogP contribution in [0.4, 0.5) is 4.79 Å². The van der Waals surface area contributed by atoms with Gasteiger partial charge in [-0.25, -0.2) is 4.79 Å². The Labute approximate surface area is 132 Å². The van der Waals surface area contributed by atoms with Gasteiger partial charge in [0.15, 0.2) is 0 Å². The summed E-state index contributed by atoms with van der Waals surface area (Å²) in [5.41, 5.74) is 0.962. The fourth-order valence-electron chi connectivity index (χ4n) is 1.73. The summed E-state index contributed by atoms with van der Waals surface area (Å²) in [6.07, 6.45) is 6.47. The molecule has 0 atom stereocenters. The van der Waals surface area contributed by atoms with E-state index in [4.69, 9.17) is 9.47 Å². The number of benzene rings is 1. The predicted molar refractivity (Wildman–Crippen MR) is 88.9 cm³/mol. The predicted octanol–water partition coefficient (Wildman–Crippen LogP) is 3.17. The molecule has 122 valence electrons. The highest BCUT2D eigenvalue weighted by atomic mass is 16.5. The number of rotatable bonds is 10. The summed E-state index contributed by atoms with van der Waals surface area (Å²) < 4.78 is 10.6. The van der Waals surface area contributed by atoms with E-state index < -0.39 is 0 Å². The van der Waals surface area contributed by atoms with Gasteiger partial charge in [-0.05, 0) is 36.6 Å². The zero-order valence-electron chi connectivity index (χ0n) is 13.4. The maximum Gasteiger partial charge on any atom is 0.318 e. The van der Waals surface area contributed by atoms with Crippen LogP contribution in [0.3, 0.4) is 0 Å². The molecule has 0 aromatic heterocycles. The zero-order chi connectivity index (χ0) is 16.0. The second kappa shape index (κ2) is 11.6. The van der Waals surface area contributed by atoms with Crippen LogP contribution in [0, 0.1) is 0 Å². The molecular formula is C17H26N2O3. The number of unbranched alkanes of at least 4 members (excludes halogenated alkanes) is 1. The molecule has 0 saturated heterocycles. The van der Waals surface area contributed by atoms with Gasteiger partial charge < -0.3 is 20.1 Å². The molecule has 0 spiro atoms. The van der Waals surface area contributed by atoms with Gasteiger partial charge in [0.1, 0.15) is 5.75 Å². The molecule has 0 aliphatic rings. The first-order valence-electron chi connectivity index (χ1n) is 7.69. The lowest BCUT2D eigenvalue weighted by Gasteiger charge is -2.05. The summed E-state index contributed by atoms with van der Waals surface area (Å²) in [6.45, 7) is 4.21. The van der Waals surface area contributed by atoms with Crippen molar-refractivity contribution in [2.45, 2.75) is 26.2 Å². The van der Waals surface area contributed by atoms with Crippen LogP contribution in [0.15, 0.2) is 30.5 Å². The SMILES string of the molecule is CCCCOCCCNC(=O)N/C=C/c1cccc(OC)c1. The average Bonchev–Trinajstić information content (AvgIpc) is 2.54. The van der Waals surface area contributed by atoms with Crippen LogP contribution in [0.2, 0.25) is 0 Å². The van der Waals surface area contributed by atoms with Crippen LogP contribution in [0.5, 0.6) is 5.75 Å². The van der Waals surface area contributed by atoms with E-state index in [1.807, 2.05) is 30.3 Å². The molecule has 0 unspecified atom stereocenters. The topological polar surface area (TPSA) is 59.6 Å². The van der Waals surface area contributed by atoms with E-state index in [2.05, 4.69) is 17.6 Å². The molecule has 1 aromatic rings. The van der Waals surface area contributed by atoms with E-state index in [1.54, 1.807) is 13.3 Å². The van der Waals surface area contributed by atoms with Crippen molar-refractivity contribution < 1.29 is 14.3 Å². The van der Waals surface area contributed by atoms with Crippen molar-refractivity contribution >= 4 is 12.1 Å². The Morgan fingerprint density at radius 2 is 2.09 bits per heavy atom. The smallest absolute Gasteiger partial charge is 0.318 e. The number of carbonyl (C=O) groups is 1. The van der Waals surface area contributed by atoms with Gasteiger partial charge in [0, 0.05) is 26.0 Å². The lowest BCUT2D eigenvalue weighted by Crippen LogP contribution is -2.33. The first-order chi connectivity index (χ1) is 10.8. The molecule has 1 aromatic carbocycles. The van der Waals surface area contributed by atoms with Crippen LogP contribution >= 0.6 is 0 Å². The van der Waals surface area contributed by atoms with Crippen molar-refractivity contribution in [3.8, 4) is 5.75 Å². The van der Waals surface area contributed by atoms with Crippen molar-refractivity contribution in [1.29, 1.82) is 0 Å². The van der Waals surface area contributed by atoms with Gasteiger partial charge in [-0.15, -0.1) is 0 Å². The van der Waals surface area contributed by atoms with E-state index in [0.29, 0.717) is 13.2 Å². The fraction of sp³-hybridized carbons (Fsp3) is 0.471. The van der Waals surface area contributed by atoms with Gasteiger partial charge in [0.25, 0.3) is 0 Å². The van der Waals surface area contributed by atoms with Gasteiger partial charge in [-0.2, -0.15) is 0 Å². The van der Waals surface area contributed by atoms with Crippen LogP contribution in [0.25, 0.3) is 6.08 Å². The van der Waals surface area contributed by atoms with Crippen LogP contribution in [-0.4, -0.2) is 32.9 Å². The minimum Gasteiger partial charge on any atom is -0.497 e. The van der Waals surface area contributed by atoms with Gasteiger partial charge in [0.05, 0.1) is 7.11 Å². The summed E-state index contributed by atoms with van der Waals surface area (Å²) in [5, 5.41) is 5.44. The first kappa shape index (κ1) is 18.0. The highest BCUT2D eigenvalue weighted by Gasteiger charge is 1.96. The molecule has 1 rings (SSSR count). The minimum atomic E-state index is -0.215. The highest BCUT2D eigenvalue weighted by Crippen LogP contribution is 2.13. The maximum atomic E-state index is 11.6. The molecule has 2 N–H and O–H groups in total. The second-order valence-electron chi connectivity index (χ2n) is 4.83.